The molecule has 0 bridgehead atoms. The minimum atomic E-state index is -0.544. The van der Waals surface area contributed by atoms with E-state index in [9.17, 15) is 19.2 Å². The van der Waals surface area contributed by atoms with Gasteiger partial charge in [-0.1, -0.05) is 60.1 Å². The molecule has 9 heteroatoms. The molecule has 0 fully saturated rings. The van der Waals surface area contributed by atoms with Crippen LogP contribution in [-0.2, 0) is 27.4 Å². The third kappa shape index (κ3) is 6.05. The molecule has 0 atom stereocenters. The molecule has 1 aliphatic heterocycles. The lowest BCUT2D eigenvalue weighted by atomic mass is 10.1. The van der Waals surface area contributed by atoms with E-state index in [1.165, 1.54) is 0 Å². The van der Waals surface area contributed by atoms with E-state index < -0.39 is 17.8 Å². The number of carbonyl (C=O) groups is 4. The Morgan fingerprint density at radius 3 is 2.30 bits per heavy atom. The van der Waals surface area contributed by atoms with Crippen LogP contribution in [0, 0.1) is 0 Å². The number of amides is 3. The molecule has 1 heterocycles. The van der Waals surface area contributed by atoms with E-state index in [2.05, 4.69) is 10.6 Å². The summed E-state index contributed by atoms with van der Waals surface area (Å²) in [6, 6.07) is 22.4. The molecule has 0 aromatic heterocycles. The van der Waals surface area contributed by atoms with Crippen LogP contribution in [0.4, 0.5) is 5.69 Å². The monoisotopic (exact) mass is 517 g/mol. The number of ether oxygens (including phenoxy) is 1. The molecule has 3 amide bonds. The molecule has 8 nitrogen and oxygen atoms in total. The van der Waals surface area contributed by atoms with E-state index in [1.54, 1.807) is 55.5 Å². The van der Waals surface area contributed by atoms with Crippen LogP contribution in [0.1, 0.15) is 38.8 Å². The van der Waals surface area contributed by atoms with Crippen LogP contribution in [0.15, 0.2) is 89.6 Å². The lowest BCUT2D eigenvalue weighted by Crippen LogP contribution is -2.33. The molecule has 0 unspecified atom stereocenters. The molecule has 0 radical (unpaired) electrons. The van der Waals surface area contributed by atoms with Gasteiger partial charge in [0.1, 0.15) is 10.7 Å². The first kappa shape index (κ1) is 25.7. The standard InChI is InChI=1S/C28H24ClN3O5/c1-2-37-28(36)21-9-6-10-22(15-21)31-25(33)20-13-11-18(12-14-20)16-30-24-23(29)26(34)32(27(24)35)17-19-7-4-3-5-8-19/h3-15,30H,2,16-17H2,1H3,(H,31,33). The first-order chi connectivity index (χ1) is 17.9. The number of nitrogens with one attached hydrogen (secondary N) is 2. The van der Waals surface area contributed by atoms with Crippen molar-refractivity contribution in [3.8, 4) is 0 Å². The molecule has 0 aliphatic carbocycles. The summed E-state index contributed by atoms with van der Waals surface area (Å²) in [4.78, 5) is 51.0. The molecule has 3 aromatic carbocycles. The summed E-state index contributed by atoms with van der Waals surface area (Å²) in [5.74, 6) is -1.84. The molecule has 3 aromatic rings. The van der Waals surface area contributed by atoms with Crippen LogP contribution in [0.2, 0.25) is 0 Å². The van der Waals surface area contributed by atoms with Crippen LogP contribution in [0.5, 0.6) is 0 Å². The Morgan fingerprint density at radius 2 is 1.59 bits per heavy atom. The van der Waals surface area contributed by atoms with Crippen molar-refractivity contribution in [2.45, 2.75) is 20.0 Å². The number of nitrogens with zero attached hydrogens (tertiary/aromatic N) is 1. The van der Waals surface area contributed by atoms with Crippen LogP contribution in [0.3, 0.4) is 0 Å². The largest absolute Gasteiger partial charge is 0.462 e. The highest BCUT2D eigenvalue weighted by Crippen LogP contribution is 2.24. The third-order valence-corrected chi connectivity index (χ3v) is 5.96. The van der Waals surface area contributed by atoms with E-state index >= 15 is 0 Å². The molecule has 0 saturated carbocycles. The van der Waals surface area contributed by atoms with Crippen molar-refractivity contribution < 1.29 is 23.9 Å². The second-order valence-electron chi connectivity index (χ2n) is 8.18. The average Bonchev–Trinajstić information content (AvgIpc) is 3.11. The van der Waals surface area contributed by atoms with Crippen molar-refractivity contribution in [1.29, 1.82) is 0 Å². The maximum absolute atomic E-state index is 12.8. The number of benzene rings is 3. The number of carbonyl (C=O) groups excluding carboxylic acids is 4. The quantitative estimate of drug-likeness (QED) is 0.325. The second kappa shape index (κ2) is 11.5. The van der Waals surface area contributed by atoms with E-state index in [-0.39, 0.29) is 36.3 Å². The van der Waals surface area contributed by atoms with Gasteiger partial charge in [-0.2, -0.15) is 0 Å². The van der Waals surface area contributed by atoms with E-state index in [4.69, 9.17) is 16.3 Å². The minimum absolute atomic E-state index is 0.0471. The Kier molecular flexibility index (Phi) is 8.00. The molecule has 4 rings (SSSR count). The Bertz CT molecular complexity index is 1370. The Morgan fingerprint density at radius 1 is 0.865 bits per heavy atom. The summed E-state index contributed by atoms with van der Waals surface area (Å²) < 4.78 is 4.99. The van der Waals surface area contributed by atoms with Gasteiger partial charge in [-0.3, -0.25) is 19.3 Å². The van der Waals surface area contributed by atoms with E-state index in [0.717, 1.165) is 16.0 Å². The maximum Gasteiger partial charge on any atom is 0.338 e. The fourth-order valence-corrected chi connectivity index (χ4v) is 3.97. The second-order valence-corrected chi connectivity index (χ2v) is 8.55. The van der Waals surface area contributed by atoms with Gasteiger partial charge < -0.3 is 15.4 Å². The Labute approximate surface area is 218 Å². The van der Waals surface area contributed by atoms with Crippen LogP contribution in [-0.4, -0.2) is 35.2 Å². The summed E-state index contributed by atoms with van der Waals surface area (Å²) in [5, 5.41) is 5.56. The highest BCUT2D eigenvalue weighted by atomic mass is 35.5. The molecule has 1 aliphatic rings. The number of imide groups is 1. The molecule has 188 valence electrons. The van der Waals surface area contributed by atoms with Gasteiger partial charge in [0.15, 0.2) is 0 Å². The van der Waals surface area contributed by atoms with Crippen LogP contribution in [0.25, 0.3) is 0 Å². The summed E-state index contributed by atoms with van der Waals surface area (Å²) in [7, 11) is 0. The van der Waals surface area contributed by atoms with Crippen molar-refractivity contribution in [1.82, 2.24) is 10.2 Å². The zero-order valence-corrected chi connectivity index (χ0v) is 20.7. The van der Waals surface area contributed by atoms with Crippen LogP contribution < -0.4 is 10.6 Å². The summed E-state index contributed by atoms with van der Waals surface area (Å²) >= 11 is 6.17. The molecule has 2 N–H and O–H groups in total. The Balaban J connectivity index is 1.35. The number of hydrogen-bond acceptors (Lipinski definition) is 6. The number of halogens is 1. The topological polar surface area (TPSA) is 105 Å². The minimum Gasteiger partial charge on any atom is -0.462 e. The number of hydrogen-bond donors (Lipinski definition) is 2. The number of esters is 1. The van der Waals surface area contributed by atoms with Gasteiger partial charge in [-0.15, -0.1) is 0 Å². The molecule has 37 heavy (non-hydrogen) atoms. The fraction of sp³-hybridized carbons (Fsp3) is 0.143. The van der Waals surface area contributed by atoms with Crippen LogP contribution >= 0.6 is 11.6 Å². The van der Waals surface area contributed by atoms with Crippen molar-refractivity contribution in [2.75, 3.05) is 11.9 Å². The van der Waals surface area contributed by atoms with Gasteiger partial charge >= 0.3 is 5.97 Å². The normalized spacial score (nSPS) is 13.1. The molecule has 0 saturated heterocycles. The fourth-order valence-electron chi connectivity index (χ4n) is 3.72. The van der Waals surface area contributed by atoms with E-state index in [1.807, 2.05) is 30.3 Å². The van der Waals surface area contributed by atoms with Crippen molar-refractivity contribution in [3.63, 3.8) is 0 Å². The highest BCUT2D eigenvalue weighted by molar-refractivity contribution is 6.47. The molecule has 0 spiro atoms. The van der Waals surface area contributed by atoms with Gasteiger partial charge in [0.25, 0.3) is 17.7 Å². The van der Waals surface area contributed by atoms with Crippen molar-refractivity contribution in [2.24, 2.45) is 0 Å². The molecular formula is C28H24ClN3O5. The third-order valence-electron chi connectivity index (χ3n) is 5.61. The maximum atomic E-state index is 12.8. The summed E-state index contributed by atoms with van der Waals surface area (Å²) in [6.45, 7) is 2.34. The predicted octanol–water partition coefficient (Wildman–Crippen LogP) is 4.22. The van der Waals surface area contributed by atoms with Crippen molar-refractivity contribution >= 4 is 41.0 Å². The zero-order valence-electron chi connectivity index (χ0n) is 20.0. The van der Waals surface area contributed by atoms with Gasteiger partial charge in [0.05, 0.1) is 18.7 Å². The lowest BCUT2D eigenvalue weighted by Gasteiger charge is -2.15. The van der Waals surface area contributed by atoms with Gasteiger partial charge in [-0.05, 0) is 48.4 Å². The number of anilines is 1. The SMILES string of the molecule is CCOC(=O)c1cccc(NC(=O)c2ccc(CNC3=C(Cl)C(=O)N(Cc4ccccc4)C3=O)cc2)c1. The van der Waals surface area contributed by atoms with E-state index in [0.29, 0.717) is 16.8 Å². The summed E-state index contributed by atoms with van der Waals surface area (Å²) in [5.41, 5.74) is 2.86. The first-order valence-corrected chi connectivity index (χ1v) is 12.0. The Hall–Kier alpha value is -4.43. The van der Waals surface area contributed by atoms with Gasteiger partial charge in [-0.25, -0.2) is 4.79 Å². The average molecular weight is 518 g/mol. The summed E-state index contributed by atoms with van der Waals surface area (Å²) in [6.07, 6.45) is 0. The van der Waals surface area contributed by atoms with Gasteiger partial charge in [0, 0.05) is 17.8 Å². The lowest BCUT2D eigenvalue weighted by molar-refractivity contribution is -0.138. The van der Waals surface area contributed by atoms with Crippen molar-refractivity contribution in [3.05, 3.63) is 112 Å². The van der Waals surface area contributed by atoms with Gasteiger partial charge in [0.2, 0.25) is 0 Å². The predicted molar refractivity (Wildman–Crippen MR) is 139 cm³/mol. The number of rotatable bonds is 9. The first-order valence-electron chi connectivity index (χ1n) is 11.6. The highest BCUT2D eigenvalue weighted by Gasteiger charge is 2.37. The molecular weight excluding hydrogens is 494 g/mol. The smallest absolute Gasteiger partial charge is 0.338 e. The zero-order chi connectivity index (χ0) is 26.4.